The molecule has 0 spiro atoms. The van der Waals surface area contributed by atoms with Crippen molar-refractivity contribution in [3.63, 3.8) is 0 Å². The molecule has 23 heteroatoms. The van der Waals surface area contributed by atoms with Crippen molar-refractivity contribution in [3.8, 4) is 68.5 Å². The molecule has 14 aromatic heterocycles. The molecule has 15 rings (SSSR count). The number of rotatable bonds is 9. The summed E-state index contributed by atoms with van der Waals surface area (Å²) >= 11 is 5.72. The molecule has 14 heterocycles. The van der Waals surface area contributed by atoms with E-state index in [1.54, 1.807) is 61.4 Å². The van der Waals surface area contributed by atoms with Crippen LogP contribution in [0.3, 0.4) is 0 Å². The Hall–Kier alpha value is -9.94. The zero-order valence-corrected chi connectivity index (χ0v) is 50.2. The zero-order valence-electron chi connectivity index (χ0n) is 46.9. The Morgan fingerprint density at radius 1 is 0.483 bits per heavy atom. The number of aromatic amines is 5. The van der Waals surface area contributed by atoms with Crippen molar-refractivity contribution in [1.82, 2.24) is 69.8 Å². The molecular formula is C64H52N14O5S4. The number of thiophene rings is 4. The highest BCUT2D eigenvalue weighted by molar-refractivity contribution is 7.19. The third-order valence-electron chi connectivity index (χ3n) is 14.2. The molecule has 1 aliphatic carbocycles. The standard InChI is InChI=1S/C17H12N4OS.C16H10N4O2S.C16H15N3OS.C15H15N3OS/c1-10-13(11-5-8-18-9-6-11)14-15(23-10)17(22)21-16(20-14)12-4-2-3-7-19-12;21-12-6-3-5-10(18-12)9-8-23-14-13(9)19-15(20-16(14)22)11-4-1-2-7-17-11;20-16-14-13(11(9-21-14)10-5-1-2-6-10)18-15(19-16)12-7-3-4-8-17-12;1-9(2)7-10-8-20-13-12(10)17-14(18-15(13)19)11-5-3-4-6-16-11/h2-9H,1H3,(H,20,21,22);1-8H,(H,18,21)(H,19,20,22);3-4,7-10H,1-2,5-6H2,(H,18,19,20);3-6,8-9H,7H2,1-2H3,(H,17,18,19). The summed E-state index contributed by atoms with van der Waals surface area (Å²) in [5.41, 5.74) is 10.6. The molecule has 87 heavy (non-hydrogen) atoms. The van der Waals surface area contributed by atoms with Gasteiger partial charge in [-0.05, 0) is 132 Å². The molecule has 5 N–H and O–H groups in total. The summed E-state index contributed by atoms with van der Waals surface area (Å²) in [6.07, 6.45) is 16.1. The third kappa shape index (κ3) is 12.6. The van der Waals surface area contributed by atoms with Crippen LogP contribution in [-0.2, 0) is 6.42 Å². The van der Waals surface area contributed by atoms with Crippen molar-refractivity contribution < 1.29 is 0 Å². The van der Waals surface area contributed by atoms with Gasteiger partial charge in [0.1, 0.15) is 41.6 Å². The molecule has 1 fully saturated rings. The van der Waals surface area contributed by atoms with Crippen molar-refractivity contribution in [2.75, 3.05) is 0 Å². The number of aromatic nitrogens is 14. The molecule has 432 valence electrons. The molecule has 0 unspecified atom stereocenters. The maximum Gasteiger partial charge on any atom is 0.269 e. The van der Waals surface area contributed by atoms with Crippen LogP contribution in [0, 0.1) is 12.8 Å². The lowest BCUT2D eigenvalue weighted by Crippen LogP contribution is -2.09. The molecular weight excluding hydrogens is 1170 g/mol. The predicted molar refractivity (Wildman–Crippen MR) is 348 cm³/mol. The van der Waals surface area contributed by atoms with E-state index in [4.69, 9.17) is 4.98 Å². The Balaban J connectivity index is 0.000000113. The molecule has 0 bridgehead atoms. The first-order valence-corrected chi connectivity index (χ1v) is 31.2. The fourth-order valence-electron chi connectivity index (χ4n) is 10.2. The third-order valence-corrected chi connectivity index (χ3v) is 18.2. The summed E-state index contributed by atoms with van der Waals surface area (Å²) in [5.74, 6) is 3.08. The van der Waals surface area contributed by atoms with E-state index in [-0.39, 0.29) is 27.8 Å². The van der Waals surface area contributed by atoms with Crippen LogP contribution >= 0.6 is 45.3 Å². The van der Waals surface area contributed by atoms with Crippen molar-refractivity contribution in [2.45, 2.75) is 58.8 Å². The van der Waals surface area contributed by atoms with Crippen LogP contribution in [0.5, 0.6) is 0 Å². The highest BCUT2D eigenvalue weighted by Crippen LogP contribution is 2.40. The molecule has 0 atom stereocenters. The minimum absolute atomic E-state index is 0.0603. The molecule has 19 nitrogen and oxygen atoms in total. The number of nitrogens with one attached hydrogen (secondary N) is 5. The van der Waals surface area contributed by atoms with Gasteiger partial charge in [0.25, 0.3) is 22.2 Å². The highest BCUT2D eigenvalue weighted by atomic mass is 32.1. The molecule has 0 aliphatic heterocycles. The van der Waals surface area contributed by atoms with Gasteiger partial charge in [0.15, 0.2) is 23.3 Å². The van der Waals surface area contributed by atoms with Gasteiger partial charge in [-0.3, -0.25) is 48.9 Å². The molecule has 1 aliphatic rings. The van der Waals surface area contributed by atoms with Crippen molar-refractivity contribution in [1.29, 1.82) is 0 Å². The number of aryl methyl sites for hydroxylation is 1. The van der Waals surface area contributed by atoms with Gasteiger partial charge in [-0.2, -0.15) is 0 Å². The van der Waals surface area contributed by atoms with Crippen molar-refractivity contribution in [2.24, 2.45) is 5.92 Å². The highest BCUT2D eigenvalue weighted by Gasteiger charge is 2.23. The van der Waals surface area contributed by atoms with E-state index in [0.29, 0.717) is 88.7 Å². The second-order valence-electron chi connectivity index (χ2n) is 20.6. The van der Waals surface area contributed by atoms with Crippen molar-refractivity contribution in [3.05, 3.63) is 224 Å². The van der Waals surface area contributed by atoms with E-state index in [1.807, 2.05) is 90.5 Å². The first-order valence-electron chi connectivity index (χ1n) is 27.8. The maximum absolute atomic E-state index is 12.4. The number of fused-ring (bicyclic) bond motifs is 4. The summed E-state index contributed by atoms with van der Waals surface area (Å²) in [5, 5.41) is 5.97. The van der Waals surface area contributed by atoms with Crippen LogP contribution in [0.15, 0.2) is 180 Å². The van der Waals surface area contributed by atoms with Crippen LogP contribution in [0.25, 0.3) is 109 Å². The average molecular weight is 1230 g/mol. The van der Waals surface area contributed by atoms with E-state index >= 15 is 0 Å². The lowest BCUT2D eigenvalue weighted by molar-refractivity contribution is 0.650. The molecule has 0 amide bonds. The van der Waals surface area contributed by atoms with Crippen LogP contribution in [0.4, 0.5) is 0 Å². The fourth-order valence-corrected chi connectivity index (χ4v) is 14.0. The minimum Gasteiger partial charge on any atom is -0.322 e. The summed E-state index contributed by atoms with van der Waals surface area (Å²) in [6, 6.07) is 30.9. The minimum atomic E-state index is -0.217. The number of hydrogen-bond acceptors (Lipinski definition) is 18. The molecule has 0 radical (unpaired) electrons. The van der Waals surface area contributed by atoms with E-state index in [2.05, 4.69) is 84.0 Å². The lowest BCUT2D eigenvalue weighted by Gasteiger charge is -2.07. The second kappa shape index (κ2) is 25.7. The Bertz CT molecular complexity index is 5040. The fraction of sp³-hybridized carbons (Fsp3) is 0.156. The lowest BCUT2D eigenvalue weighted by atomic mass is 10.00. The topological polar surface area (TPSA) is 280 Å². The summed E-state index contributed by atoms with van der Waals surface area (Å²) in [4.78, 5) is 115. The van der Waals surface area contributed by atoms with E-state index in [0.717, 1.165) is 49.3 Å². The quantitative estimate of drug-likeness (QED) is 0.0899. The number of H-pyrrole nitrogens is 5. The summed E-state index contributed by atoms with van der Waals surface area (Å²) < 4.78 is 2.58. The van der Waals surface area contributed by atoms with Gasteiger partial charge in [-0.1, -0.05) is 57.0 Å². The SMILES string of the molecule is CC(C)Cc1csc2c(=O)[nH]c(-c3ccccn3)nc12.Cc1sc2c(=O)[nH]c(-c3ccccn3)nc2c1-c1ccncc1.O=c1[nH]c(-c2ccccn2)nc2c(C3CCCC3)csc12.O=c1cccc(-c2csc3c(=O)[nH]c(-c4ccccn4)nc23)[nH]1. The first-order chi connectivity index (χ1) is 42.4. The molecule has 0 saturated heterocycles. The summed E-state index contributed by atoms with van der Waals surface area (Å²) in [7, 11) is 0. The van der Waals surface area contributed by atoms with Crippen LogP contribution in [0.2, 0.25) is 0 Å². The maximum atomic E-state index is 12.4. The molecule has 14 aromatic rings. The molecule has 1 saturated carbocycles. The van der Waals surface area contributed by atoms with Crippen LogP contribution < -0.4 is 27.8 Å². The van der Waals surface area contributed by atoms with E-state index < -0.39 is 0 Å². The monoisotopic (exact) mass is 1220 g/mol. The van der Waals surface area contributed by atoms with Crippen LogP contribution in [-0.4, -0.2) is 69.8 Å². The first kappa shape index (κ1) is 57.5. The van der Waals surface area contributed by atoms with Crippen LogP contribution in [0.1, 0.15) is 61.5 Å². The summed E-state index contributed by atoms with van der Waals surface area (Å²) in [6.45, 7) is 6.33. The smallest absolute Gasteiger partial charge is 0.269 e. The van der Waals surface area contributed by atoms with Gasteiger partial charge in [-0.25, -0.2) is 19.9 Å². The predicted octanol–water partition coefficient (Wildman–Crippen LogP) is 12.8. The number of pyridine rings is 6. The van der Waals surface area contributed by atoms with Gasteiger partial charge >= 0.3 is 0 Å². The van der Waals surface area contributed by atoms with Gasteiger partial charge in [0, 0.05) is 64.6 Å². The Morgan fingerprint density at radius 2 is 0.954 bits per heavy atom. The number of hydrogen-bond donors (Lipinski definition) is 5. The van der Waals surface area contributed by atoms with Gasteiger partial charge in [-0.15, -0.1) is 45.3 Å². The van der Waals surface area contributed by atoms with Gasteiger partial charge in [0.05, 0.1) is 27.8 Å². The Kier molecular flexibility index (Phi) is 17.0. The average Bonchev–Trinajstić information content (AvgIpc) is 2.05. The normalized spacial score (nSPS) is 12.2. The van der Waals surface area contributed by atoms with E-state index in [9.17, 15) is 24.0 Å². The Labute approximate surface area is 510 Å². The number of nitrogens with zero attached hydrogens (tertiary/aromatic N) is 9. The van der Waals surface area contributed by atoms with Gasteiger partial charge in [0.2, 0.25) is 5.56 Å². The second-order valence-corrected chi connectivity index (χ2v) is 24.5. The van der Waals surface area contributed by atoms with Crippen molar-refractivity contribution >= 4 is 86.2 Å². The molecule has 0 aromatic carbocycles. The van der Waals surface area contributed by atoms with E-state index in [1.165, 1.54) is 82.7 Å². The van der Waals surface area contributed by atoms with Gasteiger partial charge < -0.3 is 24.9 Å². The largest absolute Gasteiger partial charge is 0.322 e. The Morgan fingerprint density at radius 3 is 1.47 bits per heavy atom. The zero-order chi connectivity index (χ0) is 60.0.